The van der Waals surface area contributed by atoms with Crippen molar-refractivity contribution in [1.29, 1.82) is 0 Å². The highest BCUT2D eigenvalue weighted by Crippen LogP contribution is 2.41. The third-order valence-corrected chi connectivity index (χ3v) is 8.56. The first-order chi connectivity index (χ1) is 21.3. The largest absolute Gasteiger partial charge is 0.309 e. The standard InChI is InChI=1S/C40H29N3/c1-41-40(28-10-4-2-5-11-28)42-26-27-16-20-34-32(22-27)23-31-18-17-29(24-36(31)34)30-19-21-39-37(25-30)35-14-8-9-15-38(35)43(39)33-12-6-3-7-13-33/h2-22,24-25H,1,23,26H2/b42-40-. The Bertz CT molecular complexity index is 2190. The molecule has 0 N–H and O–H groups in total. The number of aromatic nitrogens is 1. The van der Waals surface area contributed by atoms with Crippen LogP contribution in [0, 0.1) is 0 Å². The Morgan fingerprint density at radius 2 is 1.33 bits per heavy atom. The Labute approximate surface area is 251 Å². The van der Waals surface area contributed by atoms with E-state index in [-0.39, 0.29) is 0 Å². The average molecular weight is 552 g/mol. The molecule has 0 radical (unpaired) electrons. The van der Waals surface area contributed by atoms with E-state index >= 15 is 0 Å². The molecule has 0 saturated carbocycles. The molecule has 7 aromatic rings. The zero-order valence-corrected chi connectivity index (χ0v) is 23.7. The van der Waals surface area contributed by atoms with E-state index in [4.69, 9.17) is 4.99 Å². The number of fused-ring (bicyclic) bond motifs is 6. The lowest BCUT2D eigenvalue weighted by Gasteiger charge is -2.09. The van der Waals surface area contributed by atoms with Gasteiger partial charge >= 0.3 is 0 Å². The molecule has 1 aliphatic rings. The molecule has 0 unspecified atom stereocenters. The molecule has 0 spiro atoms. The molecule has 8 rings (SSSR count). The molecule has 0 atom stereocenters. The minimum absolute atomic E-state index is 0.578. The van der Waals surface area contributed by atoms with Crippen LogP contribution in [0.25, 0.3) is 49.7 Å². The van der Waals surface area contributed by atoms with E-state index in [9.17, 15) is 0 Å². The molecular weight excluding hydrogens is 522 g/mol. The fourth-order valence-corrected chi connectivity index (χ4v) is 6.51. The monoisotopic (exact) mass is 551 g/mol. The van der Waals surface area contributed by atoms with Crippen molar-refractivity contribution in [3.05, 3.63) is 162 Å². The molecule has 3 heteroatoms. The summed E-state index contributed by atoms with van der Waals surface area (Å²) in [5.41, 5.74) is 13.6. The van der Waals surface area contributed by atoms with Gasteiger partial charge < -0.3 is 4.57 Å². The van der Waals surface area contributed by atoms with Crippen LogP contribution in [0.2, 0.25) is 0 Å². The van der Waals surface area contributed by atoms with E-state index in [1.54, 1.807) is 0 Å². The SMILES string of the molecule is C=N/C(=N\Cc1ccc2c(c1)Cc1ccc(-c3ccc4c(c3)c3ccccc3n4-c3ccccc3)cc1-2)c1ccccc1. The summed E-state index contributed by atoms with van der Waals surface area (Å²) in [5, 5.41) is 2.54. The molecule has 0 saturated heterocycles. The van der Waals surface area contributed by atoms with Crippen molar-refractivity contribution in [2.24, 2.45) is 9.98 Å². The summed E-state index contributed by atoms with van der Waals surface area (Å²) < 4.78 is 2.36. The maximum Gasteiger partial charge on any atom is 0.154 e. The number of rotatable bonds is 5. The lowest BCUT2D eigenvalue weighted by atomic mass is 9.97. The van der Waals surface area contributed by atoms with Crippen molar-refractivity contribution in [2.75, 3.05) is 0 Å². The van der Waals surface area contributed by atoms with Crippen LogP contribution in [0.3, 0.4) is 0 Å². The van der Waals surface area contributed by atoms with Crippen LogP contribution in [0.15, 0.2) is 150 Å². The molecule has 0 fully saturated rings. The van der Waals surface area contributed by atoms with Gasteiger partial charge in [0, 0.05) is 22.0 Å². The van der Waals surface area contributed by atoms with Gasteiger partial charge in [0.1, 0.15) is 0 Å². The molecule has 1 aromatic heterocycles. The van der Waals surface area contributed by atoms with Gasteiger partial charge in [-0.05, 0) is 88.5 Å². The third-order valence-electron chi connectivity index (χ3n) is 8.56. The van der Waals surface area contributed by atoms with E-state index < -0.39 is 0 Å². The predicted molar refractivity (Wildman–Crippen MR) is 181 cm³/mol. The van der Waals surface area contributed by atoms with Crippen LogP contribution in [0.5, 0.6) is 0 Å². The minimum atomic E-state index is 0.578. The van der Waals surface area contributed by atoms with Gasteiger partial charge in [-0.3, -0.25) is 4.99 Å². The molecule has 0 aliphatic heterocycles. The molecule has 0 amide bonds. The average Bonchev–Trinajstić information content (AvgIpc) is 3.60. The molecule has 1 aliphatic carbocycles. The molecule has 204 valence electrons. The van der Waals surface area contributed by atoms with Gasteiger partial charge in [-0.1, -0.05) is 103 Å². The molecule has 3 nitrogen and oxygen atoms in total. The van der Waals surface area contributed by atoms with E-state index in [2.05, 4.69) is 125 Å². The van der Waals surface area contributed by atoms with Crippen LogP contribution < -0.4 is 0 Å². The van der Waals surface area contributed by atoms with E-state index in [1.807, 2.05) is 30.3 Å². The summed E-state index contributed by atoms with van der Waals surface area (Å²) >= 11 is 0. The summed E-state index contributed by atoms with van der Waals surface area (Å²) in [6.07, 6.45) is 0.942. The maximum absolute atomic E-state index is 4.76. The molecule has 0 bridgehead atoms. The van der Waals surface area contributed by atoms with Crippen LogP contribution in [-0.2, 0) is 13.0 Å². The summed E-state index contributed by atoms with van der Waals surface area (Å²) in [7, 11) is 0. The van der Waals surface area contributed by atoms with Gasteiger partial charge in [0.25, 0.3) is 0 Å². The second-order valence-electron chi connectivity index (χ2n) is 11.1. The Hall–Kier alpha value is -5.54. The predicted octanol–water partition coefficient (Wildman–Crippen LogP) is 9.67. The first kappa shape index (κ1) is 25.2. The lowest BCUT2D eigenvalue weighted by molar-refractivity contribution is 1.05. The topological polar surface area (TPSA) is 29.6 Å². The van der Waals surface area contributed by atoms with Gasteiger partial charge in [-0.15, -0.1) is 0 Å². The molecule has 6 aromatic carbocycles. The molecule has 43 heavy (non-hydrogen) atoms. The van der Waals surface area contributed by atoms with Crippen molar-refractivity contribution < 1.29 is 0 Å². The molecular formula is C40H29N3. The zero-order chi connectivity index (χ0) is 28.8. The van der Waals surface area contributed by atoms with Crippen molar-refractivity contribution in [1.82, 2.24) is 4.57 Å². The number of aliphatic imine (C=N–C) groups is 2. The summed E-state index contributed by atoms with van der Waals surface area (Å²) in [4.78, 5) is 8.93. The summed E-state index contributed by atoms with van der Waals surface area (Å²) in [5.74, 6) is 0.679. The van der Waals surface area contributed by atoms with E-state index in [1.165, 1.54) is 66.4 Å². The third kappa shape index (κ3) is 4.38. The Kier molecular flexibility index (Phi) is 6.08. The Balaban J connectivity index is 1.14. The highest BCUT2D eigenvalue weighted by molar-refractivity contribution is 6.10. The van der Waals surface area contributed by atoms with Gasteiger partial charge in [0.2, 0.25) is 0 Å². The van der Waals surface area contributed by atoms with Crippen molar-refractivity contribution in [3.63, 3.8) is 0 Å². The number of nitrogens with zero attached hydrogens (tertiary/aromatic N) is 3. The molecule has 1 heterocycles. The van der Waals surface area contributed by atoms with Gasteiger partial charge in [0.15, 0.2) is 5.84 Å². The number of hydrogen-bond donors (Lipinski definition) is 0. The van der Waals surface area contributed by atoms with Gasteiger partial charge in [0.05, 0.1) is 17.6 Å². The van der Waals surface area contributed by atoms with E-state index in [0.717, 1.165) is 12.0 Å². The van der Waals surface area contributed by atoms with Gasteiger partial charge in [-0.25, -0.2) is 4.99 Å². The maximum atomic E-state index is 4.76. The second-order valence-corrected chi connectivity index (χ2v) is 11.1. The van der Waals surface area contributed by atoms with E-state index in [0.29, 0.717) is 12.4 Å². The first-order valence-electron chi connectivity index (χ1n) is 14.7. The zero-order valence-electron chi connectivity index (χ0n) is 23.7. The number of amidine groups is 1. The normalized spacial score (nSPS) is 12.4. The lowest BCUT2D eigenvalue weighted by Crippen LogP contribution is -1.97. The number of hydrogen-bond acceptors (Lipinski definition) is 1. The van der Waals surface area contributed by atoms with Crippen molar-refractivity contribution in [3.8, 4) is 27.9 Å². The van der Waals surface area contributed by atoms with Crippen molar-refractivity contribution in [2.45, 2.75) is 13.0 Å². The first-order valence-corrected chi connectivity index (χ1v) is 14.7. The highest BCUT2D eigenvalue weighted by atomic mass is 15.0. The van der Waals surface area contributed by atoms with Crippen LogP contribution in [0.1, 0.15) is 22.3 Å². The summed E-state index contributed by atoms with van der Waals surface area (Å²) in [6.45, 7) is 4.31. The van der Waals surface area contributed by atoms with Gasteiger partial charge in [-0.2, -0.15) is 0 Å². The highest BCUT2D eigenvalue weighted by Gasteiger charge is 2.20. The Morgan fingerprint density at radius 3 is 2.16 bits per heavy atom. The number of benzene rings is 6. The van der Waals surface area contributed by atoms with Crippen molar-refractivity contribution >= 4 is 34.4 Å². The van der Waals surface area contributed by atoms with Crippen LogP contribution in [0.4, 0.5) is 0 Å². The summed E-state index contributed by atoms with van der Waals surface area (Å²) in [6, 6.07) is 49.9. The minimum Gasteiger partial charge on any atom is -0.309 e. The van der Waals surface area contributed by atoms with Crippen LogP contribution in [-0.4, -0.2) is 17.1 Å². The second kappa shape index (κ2) is 10.4. The smallest absolute Gasteiger partial charge is 0.154 e. The number of para-hydroxylation sites is 2. The fraction of sp³-hybridized carbons (Fsp3) is 0.0500. The quantitative estimate of drug-likeness (QED) is 0.151. The fourth-order valence-electron chi connectivity index (χ4n) is 6.51. The Morgan fingerprint density at radius 1 is 0.605 bits per heavy atom. The van der Waals surface area contributed by atoms with Crippen LogP contribution >= 0.6 is 0 Å².